The van der Waals surface area contributed by atoms with Gasteiger partial charge in [0.05, 0.1) is 13.7 Å². The highest BCUT2D eigenvalue weighted by Gasteiger charge is 2.69. The van der Waals surface area contributed by atoms with Gasteiger partial charge in [0.25, 0.3) is 0 Å². The molecule has 0 aromatic heterocycles. The van der Waals surface area contributed by atoms with Crippen LogP contribution in [0.2, 0.25) is 0 Å². The normalized spacial score (nSPS) is 20.2. The first-order valence-corrected chi connectivity index (χ1v) is 6.68. The van der Waals surface area contributed by atoms with E-state index in [0.29, 0.717) is 11.8 Å². The van der Waals surface area contributed by atoms with Gasteiger partial charge in [-0.15, -0.1) is 0 Å². The van der Waals surface area contributed by atoms with E-state index in [0.717, 1.165) is 12.1 Å². The highest BCUT2D eigenvalue weighted by Crippen LogP contribution is 2.52. The van der Waals surface area contributed by atoms with Crippen molar-refractivity contribution in [2.24, 2.45) is 0 Å². The van der Waals surface area contributed by atoms with Crippen LogP contribution in [0.15, 0.2) is 42.5 Å². The van der Waals surface area contributed by atoms with Gasteiger partial charge in [-0.1, -0.05) is 6.07 Å². The van der Waals surface area contributed by atoms with Crippen LogP contribution in [0.4, 0.5) is 17.6 Å². The van der Waals surface area contributed by atoms with Crippen molar-refractivity contribution >= 4 is 0 Å². The fraction of sp³-hybridized carbons (Fsp3) is 0.250. The lowest BCUT2D eigenvalue weighted by Gasteiger charge is -2.25. The summed E-state index contributed by atoms with van der Waals surface area (Å²) in [5.41, 5.74) is -2.72. The fourth-order valence-corrected chi connectivity index (χ4v) is 2.26. The number of methoxy groups -OCH3 is 1. The molecule has 1 unspecified atom stereocenters. The summed E-state index contributed by atoms with van der Waals surface area (Å²) in [5, 5.41) is 0. The van der Waals surface area contributed by atoms with Crippen molar-refractivity contribution in [2.45, 2.75) is 11.7 Å². The third-order valence-electron chi connectivity index (χ3n) is 3.56. The SMILES string of the molecule is COc1cccc(OC(F)(F)C2(c3ccc(F)cc3F)CO2)c1. The average molecular weight is 328 g/mol. The maximum absolute atomic E-state index is 14.5. The van der Waals surface area contributed by atoms with E-state index in [1.165, 1.54) is 25.3 Å². The fourth-order valence-electron chi connectivity index (χ4n) is 2.26. The molecule has 0 spiro atoms. The lowest BCUT2D eigenvalue weighted by molar-refractivity contribution is -0.227. The molecule has 1 heterocycles. The highest BCUT2D eigenvalue weighted by atomic mass is 19.3. The Kier molecular flexibility index (Phi) is 3.68. The Labute approximate surface area is 129 Å². The smallest absolute Gasteiger partial charge is 0.434 e. The molecular formula is C16H12F4O3. The van der Waals surface area contributed by atoms with E-state index in [1.54, 1.807) is 6.07 Å². The van der Waals surface area contributed by atoms with Crippen molar-refractivity contribution in [2.75, 3.05) is 13.7 Å². The van der Waals surface area contributed by atoms with Crippen LogP contribution < -0.4 is 9.47 Å². The zero-order valence-corrected chi connectivity index (χ0v) is 12.0. The van der Waals surface area contributed by atoms with Crippen molar-refractivity contribution < 1.29 is 31.8 Å². The third-order valence-corrected chi connectivity index (χ3v) is 3.56. The standard InChI is InChI=1S/C16H12F4O3/c1-21-11-3-2-4-12(8-11)23-16(19,20)15(9-22-15)13-6-5-10(17)7-14(13)18/h2-8H,9H2,1H3. The lowest BCUT2D eigenvalue weighted by Crippen LogP contribution is -2.41. The van der Waals surface area contributed by atoms with Gasteiger partial charge in [0.2, 0.25) is 5.60 Å². The number of hydrogen-bond acceptors (Lipinski definition) is 3. The second-order valence-electron chi connectivity index (χ2n) is 5.04. The number of alkyl halides is 2. The number of halogens is 4. The predicted molar refractivity (Wildman–Crippen MR) is 72.6 cm³/mol. The Bertz CT molecular complexity index is 729. The Morgan fingerprint density at radius 2 is 1.78 bits per heavy atom. The van der Waals surface area contributed by atoms with Gasteiger partial charge in [-0.25, -0.2) is 8.78 Å². The number of epoxide rings is 1. The van der Waals surface area contributed by atoms with Gasteiger partial charge in [-0.05, 0) is 24.3 Å². The highest BCUT2D eigenvalue weighted by molar-refractivity contribution is 5.35. The summed E-state index contributed by atoms with van der Waals surface area (Å²) < 4.78 is 70.3. The Morgan fingerprint density at radius 1 is 1.09 bits per heavy atom. The van der Waals surface area contributed by atoms with Crippen LogP contribution in [0.25, 0.3) is 0 Å². The Morgan fingerprint density at radius 3 is 2.39 bits per heavy atom. The van der Waals surface area contributed by atoms with Crippen LogP contribution in [-0.4, -0.2) is 19.8 Å². The topological polar surface area (TPSA) is 31.0 Å². The maximum atomic E-state index is 14.5. The van der Waals surface area contributed by atoms with Crippen LogP contribution in [0.5, 0.6) is 11.5 Å². The molecular weight excluding hydrogens is 316 g/mol. The van der Waals surface area contributed by atoms with E-state index < -0.39 is 35.5 Å². The molecule has 1 fully saturated rings. The van der Waals surface area contributed by atoms with E-state index in [-0.39, 0.29) is 5.75 Å². The molecule has 0 amide bonds. The predicted octanol–water partition coefficient (Wildman–Crippen LogP) is 3.87. The van der Waals surface area contributed by atoms with E-state index in [1.807, 2.05) is 0 Å². The second kappa shape index (κ2) is 5.42. The molecule has 1 atom stereocenters. The van der Waals surface area contributed by atoms with Crippen molar-refractivity contribution in [1.29, 1.82) is 0 Å². The first-order valence-electron chi connectivity index (χ1n) is 6.68. The number of hydrogen-bond donors (Lipinski definition) is 0. The number of benzene rings is 2. The van der Waals surface area contributed by atoms with E-state index >= 15 is 0 Å². The molecule has 3 nitrogen and oxygen atoms in total. The Hall–Kier alpha value is -2.28. The molecule has 1 saturated heterocycles. The molecule has 2 aromatic rings. The van der Waals surface area contributed by atoms with Crippen LogP contribution in [0.1, 0.15) is 5.56 Å². The van der Waals surface area contributed by atoms with Crippen LogP contribution >= 0.6 is 0 Å². The first-order chi connectivity index (χ1) is 10.9. The van der Waals surface area contributed by atoms with Crippen LogP contribution in [-0.2, 0) is 10.3 Å². The minimum absolute atomic E-state index is 0.160. The summed E-state index contributed by atoms with van der Waals surface area (Å²) in [6.07, 6.45) is -3.85. The summed E-state index contributed by atoms with van der Waals surface area (Å²) in [5.74, 6) is -1.81. The third kappa shape index (κ3) is 2.72. The van der Waals surface area contributed by atoms with Crippen molar-refractivity contribution in [3.8, 4) is 11.5 Å². The van der Waals surface area contributed by atoms with Crippen molar-refractivity contribution in [1.82, 2.24) is 0 Å². The summed E-state index contributed by atoms with van der Waals surface area (Å²) >= 11 is 0. The lowest BCUT2D eigenvalue weighted by atomic mass is 9.98. The summed E-state index contributed by atoms with van der Waals surface area (Å²) in [7, 11) is 1.39. The van der Waals surface area contributed by atoms with Gasteiger partial charge < -0.3 is 14.2 Å². The second-order valence-corrected chi connectivity index (χ2v) is 5.04. The molecule has 0 N–H and O–H groups in total. The van der Waals surface area contributed by atoms with E-state index in [4.69, 9.17) is 14.2 Å². The van der Waals surface area contributed by atoms with Gasteiger partial charge in [0.1, 0.15) is 23.1 Å². The molecule has 0 bridgehead atoms. The zero-order valence-electron chi connectivity index (χ0n) is 12.0. The molecule has 3 rings (SSSR count). The minimum atomic E-state index is -3.85. The van der Waals surface area contributed by atoms with Crippen LogP contribution in [0, 0.1) is 11.6 Å². The summed E-state index contributed by atoms with van der Waals surface area (Å²) in [6, 6.07) is 7.97. The molecule has 1 aliphatic rings. The van der Waals surface area contributed by atoms with Crippen molar-refractivity contribution in [3.05, 3.63) is 59.7 Å². The summed E-state index contributed by atoms with van der Waals surface area (Å²) in [6.45, 7) is -0.438. The van der Waals surface area contributed by atoms with E-state index in [9.17, 15) is 17.6 Å². The molecule has 122 valence electrons. The quantitative estimate of drug-likeness (QED) is 0.617. The van der Waals surface area contributed by atoms with Gasteiger partial charge in [-0.3, -0.25) is 0 Å². The Balaban J connectivity index is 1.91. The van der Waals surface area contributed by atoms with Gasteiger partial charge in [0.15, 0.2) is 0 Å². The molecule has 0 aliphatic carbocycles. The molecule has 2 aromatic carbocycles. The monoisotopic (exact) mass is 328 g/mol. The van der Waals surface area contributed by atoms with E-state index in [2.05, 4.69) is 0 Å². The minimum Gasteiger partial charge on any atom is -0.497 e. The van der Waals surface area contributed by atoms with Crippen molar-refractivity contribution in [3.63, 3.8) is 0 Å². The number of rotatable bonds is 5. The zero-order chi connectivity index (χ0) is 16.7. The average Bonchev–Trinajstić information content (AvgIpc) is 3.29. The number of ether oxygens (including phenoxy) is 3. The van der Waals surface area contributed by atoms with Gasteiger partial charge >= 0.3 is 6.11 Å². The molecule has 1 aliphatic heterocycles. The molecule has 0 radical (unpaired) electrons. The maximum Gasteiger partial charge on any atom is 0.434 e. The molecule has 23 heavy (non-hydrogen) atoms. The molecule has 7 heteroatoms. The largest absolute Gasteiger partial charge is 0.497 e. The van der Waals surface area contributed by atoms with Gasteiger partial charge in [-0.2, -0.15) is 8.78 Å². The van der Waals surface area contributed by atoms with Crippen LogP contribution in [0.3, 0.4) is 0 Å². The first kappa shape index (κ1) is 15.6. The molecule has 0 saturated carbocycles. The van der Waals surface area contributed by atoms with Gasteiger partial charge in [0, 0.05) is 17.7 Å². The summed E-state index contributed by atoms with van der Waals surface area (Å²) in [4.78, 5) is 0.